The summed E-state index contributed by atoms with van der Waals surface area (Å²) in [5.41, 5.74) is 4.36. The van der Waals surface area contributed by atoms with Gasteiger partial charge in [-0.3, -0.25) is 0 Å². The molecular formula is C10H12BrN. The van der Waals surface area contributed by atoms with Crippen molar-refractivity contribution in [2.24, 2.45) is 0 Å². The molecule has 64 valence electrons. The van der Waals surface area contributed by atoms with Gasteiger partial charge in [0.1, 0.15) is 0 Å². The largest absolute Gasteiger partial charge is 0.312 e. The highest BCUT2D eigenvalue weighted by atomic mass is 79.9. The zero-order valence-electron chi connectivity index (χ0n) is 6.94. The molecule has 0 aromatic heterocycles. The first kappa shape index (κ1) is 8.27. The van der Waals surface area contributed by atoms with Gasteiger partial charge in [-0.2, -0.15) is 0 Å². The maximum Gasteiger partial charge on any atom is 0.0283 e. The number of hydrogen-bond donors (Lipinski definition) is 1. The molecule has 2 rings (SSSR count). The van der Waals surface area contributed by atoms with E-state index >= 15 is 0 Å². The molecule has 0 bridgehead atoms. The Hall–Kier alpha value is -0.340. The molecule has 0 aliphatic carbocycles. The fraction of sp³-hybridized carbons (Fsp3) is 0.400. The van der Waals surface area contributed by atoms with Gasteiger partial charge in [-0.15, -0.1) is 0 Å². The smallest absolute Gasteiger partial charge is 0.0283 e. The number of rotatable bonds is 1. The van der Waals surface area contributed by atoms with Gasteiger partial charge >= 0.3 is 0 Å². The van der Waals surface area contributed by atoms with E-state index < -0.39 is 0 Å². The Kier molecular flexibility index (Phi) is 2.47. The zero-order valence-corrected chi connectivity index (χ0v) is 8.52. The molecule has 0 amide bonds. The van der Waals surface area contributed by atoms with Crippen LogP contribution in [-0.4, -0.2) is 6.54 Å². The molecule has 0 saturated carbocycles. The summed E-state index contributed by atoms with van der Waals surface area (Å²) in [5, 5.41) is 4.34. The van der Waals surface area contributed by atoms with Crippen LogP contribution in [0.15, 0.2) is 18.2 Å². The van der Waals surface area contributed by atoms with Crippen molar-refractivity contribution in [1.29, 1.82) is 0 Å². The summed E-state index contributed by atoms with van der Waals surface area (Å²) < 4.78 is 0. The molecule has 0 spiro atoms. The average Bonchev–Trinajstić information content (AvgIpc) is 2.17. The highest BCUT2D eigenvalue weighted by molar-refractivity contribution is 9.08. The van der Waals surface area contributed by atoms with Crippen molar-refractivity contribution in [3.8, 4) is 0 Å². The minimum atomic E-state index is 0.959. The van der Waals surface area contributed by atoms with Gasteiger partial charge in [0.05, 0.1) is 0 Å². The van der Waals surface area contributed by atoms with E-state index in [2.05, 4.69) is 39.4 Å². The molecule has 0 saturated heterocycles. The average molecular weight is 226 g/mol. The van der Waals surface area contributed by atoms with E-state index in [9.17, 15) is 0 Å². The van der Waals surface area contributed by atoms with E-state index in [1.165, 1.54) is 23.1 Å². The Labute approximate surface area is 81.3 Å². The molecule has 1 aliphatic rings. The van der Waals surface area contributed by atoms with E-state index in [0.717, 1.165) is 18.4 Å². The van der Waals surface area contributed by atoms with Crippen LogP contribution < -0.4 is 5.32 Å². The minimum absolute atomic E-state index is 0.959. The lowest BCUT2D eigenvalue weighted by Gasteiger charge is -2.17. The normalized spacial score (nSPS) is 15.8. The van der Waals surface area contributed by atoms with Crippen molar-refractivity contribution in [1.82, 2.24) is 5.32 Å². The molecule has 2 heteroatoms. The number of hydrogen-bond acceptors (Lipinski definition) is 1. The van der Waals surface area contributed by atoms with E-state index in [-0.39, 0.29) is 0 Å². The molecule has 1 aromatic carbocycles. The zero-order chi connectivity index (χ0) is 8.39. The van der Waals surface area contributed by atoms with Gasteiger partial charge < -0.3 is 5.32 Å². The summed E-state index contributed by atoms with van der Waals surface area (Å²) in [6, 6.07) is 6.75. The number of nitrogens with one attached hydrogen (secondary N) is 1. The molecule has 0 unspecified atom stereocenters. The van der Waals surface area contributed by atoms with Gasteiger partial charge in [-0.25, -0.2) is 0 Å². The maximum absolute atomic E-state index is 3.46. The summed E-state index contributed by atoms with van der Waals surface area (Å²) in [6.45, 7) is 2.16. The van der Waals surface area contributed by atoms with E-state index in [1.807, 2.05) is 0 Å². The Morgan fingerprint density at radius 1 is 1.33 bits per heavy atom. The van der Waals surface area contributed by atoms with Gasteiger partial charge in [-0.1, -0.05) is 34.1 Å². The van der Waals surface area contributed by atoms with Crippen molar-refractivity contribution >= 4 is 15.9 Å². The van der Waals surface area contributed by atoms with Crippen molar-refractivity contribution in [2.45, 2.75) is 18.3 Å². The third kappa shape index (κ3) is 1.54. The summed E-state index contributed by atoms with van der Waals surface area (Å²) in [7, 11) is 0. The molecular weight excluding hydrogens is 214 g/mol. The molecule has 12 heavy (non-hydrogen) atoms. The number of benzene rings is 1. The third-order valence-corrected chi connectivity index (χ3v) is 2.96. The van der Waals surface area contributed by atoms with Gasteiger partial charge in [-0.05, 0) is 29.7 Å². The van der Waals surface area contributed by atoms with Crippen LogP contribution in [0.5, 0.6) is 0 Å². The van der Waals surface area contributed by atoms with Crippen molar-refractivity contribution in [2.75, 3.05) is 6.54 Å². The molecule has 0 radical (unpaired) electrons. The van der Waals surface area contributed by atoms with Gasteiger partial charge in [0.25, 0.3) is 0 Å². The Bertz CT molecular complexity index is 283. The first-order valence-corrected chi connectivity index (χ1v) is 5.39. The van der Waals surface area contributed by atoms with Crippen LogP contribution in [-0.2, 0) is 18.3 Å². The monoisotopic (exact) mass is 225 g/mol. The highest BCUT2D eigenvalue weighted by Crippen LogP contribution is 2.17. The van der Waals surface area contributed by atoms with Crippen LogP contribution in [0.1, 0.15) is 16.7 Å². The number of fused-ring (bicyclic) bond motifs is 1. The topological polar surface area (TPSA) is 12.0 Å². The van der Waals surface area contributed by atoms with Crippen LogP contribution in [0, 0.1) is 0 Å². The predicted molar refractivity (Wildman–Crippen MR) is 54.5 cm³/mol. The lowest BCUT2D eigenvalue weighted by Crippen LogP contribution is -2.23. The minimum Gasteiger partial charge on any atom is -0.312 e. The molecule has 1 aliphatic heterocycles. The van der Waals surface area contributed by atoms with Crippen molar-refractivity contribution in [3.05, 3.63) is 34.9 Å². The van der Waals surface area contributed by atoms with E-state index in [1.54, 1.807) is 0 Å². The first-order valence-electron chi connectivity index (χ1n) is 4.27. The first-order chi connectivity index (χ1) is 5.90. The number of alkyl halides is 1. The van der Waals surface area contributed by atoms with Gasteiger partial charge in [0.15, 0.2) is 0 Å². The van der Waals surface area contributed by atoms with E-state index in [0.29, 0.717) is 0 Å². The predicted octanol–water partition coefficient (Wildman–Crippen LogP) is 2.23. The molecule has 0 fully saturated rings. The maximum atomic E-state index is 3.46. The second kappa shape index (κ2) is 3.58. The Morgan fingerprint density at radius 3 is 3.08 bits per heavy atom. The highest BCUT2D eigenvalue weighted by Gasteiger charge is 2.07. The lowest BCUT2D eigenvalue weighted by atomic mass is 9.99. The van der Waals surface area contributed by atoms with E-state index in [4.69, 9.17) is 0 Å². The van der Waals surface area contributed by atoms with Crippen molar-refractivity contribution < 1.29 is 0 Å². The summed E-state index contributed by atoms with van der Waals surface area (Å²) in [4.78, 5) is 0. The molecule has 0 atom stereocenters. The van der Waals surface area contributed by atoms with Crippen LogP contribution in [0.25, 0.3) is 0 Å². The summed E-state index contributed by atoms with van der Waals surface area (Å²) in [6.07, 6.45) is 1.18. The van der Waals surface area contributed by atoms with Gasteiger partial charge in [0.2, 0.25) is 0 Å². The van der Waals surface area contributed by atoms with Crippen LogP contribution in [0.3, 0.4) is 0 Å². The fourth-order valence-corrected chi connectivity index (χ4v) is 1.97. The van der Waals surface area contributed by atoms with Crippen LogP contribution in [0.4, 0.5) is 0 Å². The van der Waals surface area contributed by atoms with Crippen LogP contribution >= 0.6 is 15.9 Å². The van der Waals surface area contributed by atoms with Crippen molar-refractivity contribution in [3.63, 3.8) is 0 Å². The quantitative estimate of drug-likeness (QED) is 0.724. The SMILES string of the molecule is BrCc1ccc2c(c1)CNCC2. The lowest BCUT2D eigenvalue weighted by molar-refractivity contribution is 0.643. The third-order valence-electron chi connectivity index (χ3n) is 2.31. The van der Waals surface area contributed by atoms with Gasteiger partial charge in [0, 0.05) is 11.9 Å². The standard InChI is InChI=1S/C10H12BrN/c11-6-8-1-2-9-3-4-12-7-10(9)5-8/h1-2,5,12H,3-4,6-7H2. The fourth-order valence-electron chi connectivity index (χ4n) is 1.62. The molecule has 1 aromatic rings. The number of halogens is 1. The summed E-state index contributed by atoms with van der Waals surface area (Å²) >= 11 is 3.46. The molecule has 1 N–H and O–H groups in total. The second-order valence-electron chi connectivity index (χ2n) is 3.16. The second-order valence-corrected chi connectivity index (χ2v) is 3.72. The van der Waals surface area contributed by atoms with Crippen LogP contribution in [0.2, 0.25) is 0 Å². The Balaban J connectivity index is 2.36. The summed E-state index contributed by atoms with van der Waals surface area (Å²) in [5.74, 6) is 0. The molecule has 1 heterocycles. The Morgan fingerprint density at radius 2 is 2.25 bits per heavy atom. The molecule has 1 nitrogen and oxygen atoms in total.